The van der Waals surface area contributed by atoms with Crippen molar-refractivity contribution in [1.82, 2.24) is 10.2 Å². The van der Waals surface area contributed by atoms with E-state index in [4.69, 9.17) is 4.42 Å². The van der Waals surface area contributed by atoms with Crippen molar-refractivity contribution in [3.8, 4) is 0 Å². The number of likely N-dealkylation sites (N-methyl/N-ethyl adjacent to an activating group) is 1. The van der Waals surface area contributed by atoms with Gasteiger partial charge in [0.2, 0.25) is 11.8 Å². The Bertz CT molecular complexity index is 455. The summed E-state index contributed by atoms with van der Waals surface area (Å²) >= 11 is 1.72. The lowest BCUT2D eigenvalue weighted by atomic mass is 10.4. The fourth-order valence-electron chi connectivity index (χ4n) is 2.31. The van der Waals surface area contributed by atoms with Crippen LogP contribution in [0, 0.1) is 0 Å². The van der Waals surface area contributed by atoms with E-state index in [1.807, 2.05) is 0 Å². The Morgan fingerprint density at radius 3 is 2.86 bits per heavy atom. The summed E-state index contributed by atoms with van der Waals surface area (Å²) in [5, 5.41) is 3.36. The molecule has 0 saturated heterocycles. The Balaban J connectivity index is 1.63. The van der Waals surface area contributed by atoms with Crippen molar-refractivity contribution < 1.29 is 14.0 Å². The number of rotatable bonds is 7. The molecule has 1 aromatic rings. The zero-order valence-electron chi connectivity index (χ0n) is 12.3. The molecule has 1 aliphatic carbocycles. The smallest absolute Gasteiger partial charge is 0.239 e. The van der Waals surface area contributed by atoms with Gasteiger partial charge in [-0.2, -0.15) is 0 Å². The van der Waals surface area contributed by atoms with Crippen LogP contribution in [0.1, 0.15) is 31.4 Å². The maximum atomic E-state index is 12.0. The van der Waals surface area contributed by atoms with Crippen LogP contribution in [0.5, 0.6) is 0 Å². The Morgan fingerprint density at radius 1 is 1.43 bits per heavy atom. The fraction of sp³-hybridized carbons (Fsp3) is 0.600. The molecule has 116 valence electrons. The van der Waals surface area contributed by atoms with Gasteiger partial charge in [-0.25, -0.2) is 0 Å². The third-order valence-electron chi connectivity index (χ3n) is 3.59. The van der Waals surface area contributed by atoms with Gasteiger partial charge in [-0.1, -0.05) is 12.8 Å². The van der Waals surface area contributed by atoms with Gasteiger partial charge in [0, 0.05) is 12.3 Å². The summed E-state index contributed by atoms with van der Waals surface area (Å²) in [6.07, 6.45) is 6.54. The summed E-state index contributed by atoms with van der Waals surface area (Å²) in [5.41, 5.74) is 0. The first-order valence-electron chi connectivity index (χ1n) is 7.30. The number of hydrogen-bond acceptors (Lipinski definition) is 4. The Hall–Kier alpha value is -1.43. The molecule has 1 aliphatic rings. The summed E-state index contributed by atoms with van der Waals surface area (Å²) < 4.78 is 5.13. The summed E-state index contributed by atoms with van der Waals surface area (Å²) in [6.45, 7) is 0.440. The number of furan rings is 1. The minimum atomic E-state index is -0.173. The second kappa shape index (κ2) is 8.12. The van der Waals surface area contributed by atoms with Gasteiger partial charge in [0.25, 0.3) is 0 Å². The van der Waals surface area contributed by atoms with Crippen molar-refractivity contribution in [1.29, 1.82) is 0 Å². The molecule has 1 fully saturated rings. The van der Waals surface area contributed by atoms with E-state index in [1.165, 1.54) is 30.6 Å². The van der Waals surface area contributed by atoms with Crippen LogP contribution in [-0.2, 0) is 16.1 Å². The first-order chi connectivity index (χ1) is 10.1. The van der Waals surface area contributed by atoms with Crippen LogP contribution in [0.15, 0.2) is 22.8 Å². The minimum Gasteiger partial charge on any atom is -0.467 e. The summed E-state index contributed by atoms with van der Waals surface area (Å²) in [6, 6.07) is 3.57. The maximum Gasteiger partial charge on any atom is 0.239 e. The van der Waals surface area contributed by atoms with E-state index in [0.29, 0.717) is 23.3 Å². The van der Waals surface area contributed by atoms with Crippen LogP contribution >= 0.6 is 11.8 Å². The van der Waals surface area contributed by atoms with Crippen LogP contribution in [0.3, 0.4) is 0 Å². The SMILES string of the molecule is CN(CC(=O)NCc1ccco1)C(=O)CSC1CCCC1. The quantitative estimate of drug-likeness (QED) is 0.837. The van der Waals surface area contributed by atoms with Crippen molar-refractivity contribution in [3.63, 3.8) is 0 Å². The highest BCUT2D eigenvalue weighted by molar-refractivity contribution is 8.00. The first-order valence-corrected chi connectivity index (χ1v) is 8.34. The number of thioether (sulfide) groups is 1. The molecule has 0 unspecified atom stereocenters. The molecule has 1 N–H and O–H groups in total. The standard InChI is InChI=1S/C15H22N2O3S/c1-17(15(19)11-21-13-6-2-3-7-13)10-14(18)16-9-12-5-4-8-20-12/h4-5,8,13H,2-3,6-7,9-11H2,1H3,(H,16,18). The monoisotopic (exact) mass is 310 g/mol. The Kier molecular flexibility index (Phi) is 6.17. The molecular formula is C15H22N2O3S. The predicted octanol–water partition coefficient (Wildman–Crippen LogP) is 2.03. The van der Waals surface area contributed by atoms with Gasteiger partial charge in [-0.3, -0.25) is 9.59 Å². The molecule has 5 nitrogen and oxygen atoms in total. The van der Waals surface area contributed by atoms with E-state index in [-0.39, 0.29) is 18.4 Å². The highest BCUT2D eigenvalue weighted by Gasteiger charge is 2.19. The summed E-state index contributed by atoms with van der Waals surface area (Å²) in [4.78, 5) is 25.2. The van der Waals surface area contributed by atoms with E-state index < -0.39 is 0 Å². The maximum absolute atomic E-state index is 12.0. The van der Waals surface area contributed by atoms with E-state index in [9.17, 15) is 9.59 Å². The molecule has 1 saturated carbocycles. The average molecular weight is 310 g/mol. The van der Waals surface area contributed by atoms with Crippen LogP contribution in [0.25, 0.3) is 0 Å². The van der Waals surface area contributed by atoms with Gasteiger partial charge in [0.1, 0.15) is 5.76 Å². The minimum absolute atomic E-state index is 0.0139. The molecule has 0 aliphatic heterocycles. The normalized spacial score (nSPS) is 15.1. The lowest BCUT2D eigenvalue weighted by Crippen LogP contribution is -2.39. The zero-order chi connectivity index (χ0) is 15.1. The van der Waals surface area contributed by atoms with Gasteiger partial charge < -0.3 is 14.6 Å². The lowest BCUT2D eigenvalue weighted by molar-refractivity contribution is -0.132. The van der Waals surface area contributed by atoms with E-state index in [1.54, 1.807) is 37.2 Å². The third-order valence-corrected chi connectivity index (χ3v) is 4.95. The molecule has 2 amide bonds. The molecule has 0 radical (unpaired) electrons. The van der Waals surface area contributed by atoms with Crippen LogP contribution in [-0.4, -0.2) is 41.3 Å². The van der Waals surface area contributed by atoms with Crippen molar-refractivity contribution in [2.24, 2.45) is 0 Å². The molecule has 0 atom stereocenters. The zero-order valence-corrected chi connectivity index (χ0v) is 13.2. The van der Waals surface area contributed by atoms with Crippen molar-refractivity contribution in [3.05, 3.63) is 24.2 Å². The molecular weight excluding hydrogens is 288 g/mol. The van der Waals surface area contributed by atoms with Gasteiger partial charge in [0.05, 0.1) is 25.1 Å². The molecule has 0 aromatic carbocycles. The van der Waals surface area contributed by atoms with Crippen molar-refractivity contribution >= 4 is 23.6 Å². The average Bonchev–Trinajstić information content (AvgIpc) is 3.15. The largest absolute Gasteiger partial charge is 0.467 e. The second-order valence-corrected chi connectivity index (χ2v) is 6.61. The third kappa shape index (κ3) is 5.46. The Morgan fingerprint density at radius 2 is 2.19 bits per heavy atom. The first kappa shape index (κ1) is 15.9. The number of nitrogens with one attached hydrogen (secondary N) is 1. The van der Waals surface area contributed by atoms with Crippen molar-refractivity contribution in [2.75, 3.05) is 19.3 Å². The number of carbonyl (C=O) groups is 2. The number of carbonyl (C=O) groups excluding carboxylic acids is 2. The van der Waals surface area contributed by atoms with Gasteiger partial charge in [0.15, 0.2) is 0 Å². The van der Waals surface area contributed by atoms with E-state index in [2.05, 4.69) is 5.32 Å². The molecule has 2 rings (SSSR count). The summed E-state index contributed by atoms with van der Waals surface area (Å²) in [7, 11) is 1.67. The van der Waals surface area contributed by atoms with Crippen LogP contribution < -0.4 is 5.32 Å². The number of amides is 2. The van der Waals surface area contributed by atoms with E-state index >= 15 is 0 Å². The number of hydrogen-bond donors (Lipinski definition) is 1. The second-order valence-electron chi connectivity index (χ2n) is 5.32. The van der Waals surface area contributed by atoms with Gasteiger partial charge in [-0.05, 0) is 25.0 Å². The Labute approximate surface area is 129 Å². The van der Waals surface area contributed by atoms with Crippen LogP contribution in [0.2, 0.25) is 0 Å². The van der Waals surface area contributed by atoms with Crippen molar-refractivity contribution in [2.45, 2.75) is 37.5 Å². The van der Waals surface area contributed by atoms with E-state index in [0.717, 1.165) is 0 Å². The number of nitrogens with zero attached hydrogens (tertiary/aromatic N) is 1. The molecule has 21 heavy (non-hydrogen) atoms. The predicted molar refractivity (Wildman–Crippen MR) is 82.9 cm³/mol. The van der Waals surface area contributed by atoms with Gasteiger partial charge in [-0.15, -0.1) is 11.8 Å². The lowest BCUT2D eigenvalue weighted by Gasteiger charge is -2.17. The topological polar surface area (TPSA) is 62.6 Å². The highest BCUT2D eigenvalue weighted by atomic mass is 32.2. The summed E-state index contributed by atoms with van der Waals surface area (Å²) in [5.74, 6) is 1.01. The van der Waals surface area contributed by atoms with Gasteiger partial charge >= 0.3 is 0 Å². The molecule has 1 heterocycles. The fourth-order valence-corrected chi connectivity index (χ4v) is 3.58. The van der Waals surface area contributed by atoms with Crippen LogP contribution in [0.4, 0.5) is 0 Å². The molecule has 6 heteroatoms. The highest BCUT2D eigenvalue weighted by Crippen LogP contribution is 2.29. The molecule has 1 aromatic heterocycles. The molecule has 0 bridgehead atoms. The molecule has 0 spiro atoms.